The van der Waals surface area contributed by atoms with Gasteiger partial charge in [0.1, 0.15) is 10.2 Å². The van der Waals surface area contributed by atoms with Crippen LogP contribution in [0.15, 0.2) is 10.7 Å². The van der Waals surface area contributed by atoms with Crippen molar-refractivity contribution < 1.29 is 0 Å². The van der Waals surface area contributed by atoms with Gasteiger partial charge in [0, 0.05) is 5.41 Å². The second-order valence-corrected chi connectivity index (χ2v) is 7.27. The zero-order chi connectivity index (χ0) is 13.5. The minimum Gasteiger partial charge on any atom is -0.383 e. The molecule has 4 nitrogen and oxygen atoms in total. The van der Waals surface area contributed by atoms with Crippen LogP contribution in [-0.4, -0.2) is 15.0 Å². The average molecular weight is 348 g/mol. The van der Waals surface area contributed by atoms with Gasteiger partial charge in [-0.05, 0) is 15.9 Å². The van der Waals surface area contributed by atoms with E-state index >= 15 is 0 Å². The molecule has 0 aliphatic heterocycles. The third kappa shape index (κ3) is 2.65. The Balaban J connectivity index is 2.61. The molecule has 0 saturated carbocycles. The summed E-state index contributed by atoms with van der Waals surface area (Å²) in [5, 5.41) is 0.671. The number of thiazole rings is 1. The van der Waals surface area contributed by atoms with Gasteiger partial charge in [0.2, 0.25) is 0 Å². The number of nitrogens with zero attached hydrogens (tertiary/aromatic N) is 3. The Bertz CT molecular complexity index is 591. The molecule has 0 aliphatic rings. The van der Waals surface area contributed by atoms with Crippen molar-refractivity contribution >= 4 is 44.7 Å². The Morgan fingerprint density at radius 1 is 1.33 bits per heavy atom. The minimum absolute atomic E-state index is 0.133. The Labute approximate surface area is 123 Å². The third-order valence-electron chi connectivity index (χ3n) is 2.26. The summed E-state index contributed by atoms with van der Waals surface area (Å²) < 4.78 is 1.34. The molecule has 0 spiro atoms. The molecule has 2 aromatic heterocycles. The highest BCUT2D eigenvalue weighted by Crippen LogP contribution is 2.34. The van der Waals surface area contributed by atoms with Crippen molar-refractivity contribution in [1.82, 2.24) is 15.0 Å². The number of nitrogens with two attached hydrogens (primary N) is 1. The number of hydrogen-bond acceptors (Lipinski definition) is 5. The molecule has 0 aromatic carbocycles. The van der Waals surface area contributed by atoms with Crippen LogP contribution in [0.1, 0.15) is 26.5 Å². The van der Waals surface area contributed by atoms with Crippen molar-refractivity contribution in [3.8, 4) is 10.8 Å². The molecule has 2 aromatic rings. The zero-order valence-electron chi connectivity index (χ0n) is 10.2. The largest absolute Gasteiger partial charge is 0.383 e. The van der Waals surface area contributed by atoms with Gasteiger partial charge in [-0.25, -0.2) is 15.0 Å². The quantitative estimate of drug-likeness (QED) is 0.850. The highest BCUT2D eigenvalue weighted by molar-refractivity contribution is 9.10. The lowest BCUT2D eigenvalue weighted by atomic mass is 9.92. The number of nitrogen functional groups attached to an aromatic ring is 1. The van der Waals surface area contributed by atoms with E-state index < -0.39 is 0 Å². The van der Waals surface area contributed by atoms with E-state index in [9.17, 15) is 0 Å². The second kappa shape index (κ2) is 4.75. The Hall–Kier alpha value is -0.720. The van der Waals surface area contributed by atoms with E-state index in [1.807, 2.05) is 0 Å². The standard InChI is InChI=1S/C11H12BrClN4S/c1-11(2,3)7-6(12)8(14)17-9(16-7)10-15-4-5(13)18-10/h4H,1-3H3,(H2,14,16,17). The van der Waals surface area contributed by atoms with Gasteiger partial charge in [0.15, 0.2) is 10.8 Å². The summed E-state index contributed by atoms with van der Waals surface area (Å²) in [7, 11) is 0. The lowest BCUT2D eigenvalue weighted by Crippen LogP contribution is -2.17. The molecule has 0 fully saturated rings. The zero-order valence-corrected chi connectivity index (χ0v) is 13.3. The molecule has 2 heterocycles. The van der Waals surface area contributed by atoms with Crippen molar-refractivity contribution in [1.29, 1.82) is 0 Å². The fourth-order valence-electron chi connectivity index (χ4n) is 1.41. The molecule has 0 unspecified atom stereocenters. The van der Waals surface area contributed by atoms with Crippen LogP contribution in [0.4, 0.5) is 5.82 Å². The van der Waals surface area contributed by atoms with Crippen molar-refractivity contribution in [3.05, 3.63) is 20.7 Å². The van der Waals surface area contributed by atoms with Crippen LogP contribution in [0.25, 0.3) is 10.8 Å². The SMILES string of the molecule is CC(C)(C)c1nc(-c2ncc(Cl)s2)nc(N)c1Br. The van der Waals surface area contributed by atoms with Crippen molar-refractivity contribution in [3.63, 3.8) is 0 Å². The van der Waals surface area contributed by atoms with Crippen LogP contribution >= 0.6 is 38.9 Å². The first-order valence-electron chi connectivity index (χ1n) is 5.24. The van der Waals surface area contributed by atoms with Gasteiger partial charge in [0.05, 0.1) is 16.4 Å². The van der Waals surface area contributed by atoms with Gasteiger partial charge in [-0.2, -0.15) is 0 Å². The second-order valence-electron chi connectivity index (χ2n) is 4.81. The fourth-order valence-corrected chi connectivity index (χ4v) is 3.03. The highest BCUT2D eigenvalue weighted by atomic mass is 79.9. The van der Waals surface area contributed by atoms with E-state index in [1.165, 1.54) is 11.3 Å². The smallest absolute Gasteiger partial charge is 0.191 e. The number of aromatic nitrogens is 3. The molecule has 2 rings (SSSR count). The van der Waals surface area contributed by atoms with Gasteiger partial charge in [-0.3, -0.25) is 0 Å². The summed E-state index contributed by atoms with van der Waals surface area (Å²) in [6.45, 7) is 6.20. The molecule has 0 saturated heterocycles. The van der Waals surface area contributed by atoms with Crippen LogP contribution in [-0.2, 0) is 5.41 Å². The van der Waals surface area contributed by atoms with Gasteiger partial charge < -0.3 is 5.73 Å². The van der Waals surface area contributed by atoms with Crippen molar-refractivity contribution in [2.45, 2.75) is 26.2 Å². The van der Waals surface area contributed by atoms with Crippen LogP contribution in [0.2, 0.25) is 4.34 Å². The van der Waals surface area contributed by atoms with E-state index in [1.54, 1.807) is 6.20 Å². The van der Waals surface area contributed by atoms with E-state index in [4.69, 9.17) is 17.3 Å². The lowest BCUT2D eigenvalue weighted by molar-refractivity contribution is 0.564. The molecular formula is C11H12BrClN4S. The van der Waals surface area contributed by atoms with Crippen molar-refractivity contribution in [2.75, 3.05) is 5.73 Å². The summed E-state index contributed by atoms with van der Waals surface area (Å²) in [5.41, 5.74) is 6.63. The Kier molecular flexibility index (Phi) is 3.62. The summed E-state index contributed by atoms with van der Waals surface area (Å²) in [4.78, 5) is 12.9. The molecule has 0 amide bonds. The van der Waals surface area contributed by atoms with Gasteiger partial charge >= 0.3 is 0 Å². The van der Waals surface area contributed by atoms with E-state index in [0.717, 1.165) is 10.2 Å². The van der Waals surface area contributed by atoms with Gasteiger partial charge in [-0.15, -0.1) is 0 Å². The molecule has 0 bridgehead atoms. The maximum atomic E-state index is 5.91. The van der Waals surface area contributed by atoms with E-state index in [2.05, 4.69) is 51.7 Å². The minimum atomic E-state index is -0.133. The molecule has 0 radical (unpaired) electrons. The summed E-state index contributed by atoms with van der Waals surface area (Å²) in [6, 6.07) is 0. The average Bonchev–Trinajstić information content (AvgIpc) is 2.67. The topological polar surface area (TPSA) is 64.7 Å². The molecule has 0 atom stereocenters. The van der Waals surface area contributed by atoms with Crippen LogP contribution in [0.5, 0.6) is 0 Å². The monoisotopic (exact) mass is 346 g/mol. The van der Waals surface area contributed by atoms with Crippen LogP contribution < -0.4 is 5.73 Å². The molecule has 0 aliphatic carbocycles. The number of halogens is 2. The lowest BCUT2D eigenvalue weighted by Gasteiger charge is -2.20. The third-order valence-corrected chi connectivity index (χ3v) is 4.15. The number of rotatable bonds is 1. The molecule has 96 valence electrons. The number of anilines is 1. The van der Waals surface area contributed by atoms with E-state index in [0.29, 0.717) is 21.0 Å². The highest BCUT2D eigenvalue weighted by Gasteiger charge is 2.23. The Morgan fingerprint density at radius 2 is 2.00 bits per heavy atom. The first-order chi connectivity index (χ1) is 8.29. The van der Waals surface area contributed by atoms with Crippen LogP contribution in [0.3, 0.4) is 0 Å². The predicted molar refractivity (Wildman–Crippen MR) is 79.0 cm³/mol. The Morgan fingerprint density at radius 3 is 2.50 bits per heavy atom. The first kappa shape index (κ1) is 13.7. The molecular weight excluding hydrogens is 336 g/mol. The van der Waals surface area contributed by atoms with Gasteiger partial charge in [-0.1, -0.05) is 43.7 Å². The predicted octanol–water partition coefficient (Wildman–Crippen LogP) is 3.90. The van der Waals surface area contributed by atoms with E-state index in [-0.39, 0.29) is 5.41 Å². The molecule has 2 N–H and O–H groups in total. The maximum Gasteiger partial charge on any atom is 0.191 e. The summed E-state index contributed by atoms with van der Waals surface area (Å²) in [6.07, 6.45) is 1.58. The van der Waals surface area contributed by atoms with Gasteiger partial charge in [0.25, 0.3) is 0 Å². The summed E-state index contributed by atoms with van der Waals surface area (Å²) >= 11 is 10.6. The van der Waals surface area contributed by atoms with Crippen molar-refractivity contribution in [2.24, 2.45) is 0 Å². The fraction of sp³-hybridized carbons (Fsp3) is 0.364. The molecule has 7 heteroatoms. The normalized spacial score (nSPS) is 11.8. The maximum absolute atomic E-state index is 5.91. The summed E-state index contributed by atoms with van der Waals surface area (Å²) in [5.74, 6) is 0.925. The molecule has 18 heavy (non-hydrogen) atoms. The first-order valence-corrected chi connectivity index (χ1v) is 7.23. The number of hydrogen-bond donors (Lipinski definition) is 1. The van der Waals surface area contributed by atoms with Crippen LogP contribution in [0, 0.1) is 0 Å².